The van der Waals surface area contributed by atoms with Crippen LogP contribution in [0.3, 0.4) is 0 Å². The summed E-state index contributed by atoms with van der Waals surface area (Å²) in [5, 5.41) is 26.7. The fraction of sp³-hybridized carbons (Fsp3) is 0.231. The fourth-order valence-corrected chi connectivity index (χ4v) is 2.38. The average molecular weight is 293 g/mol. The van der Waals surface area contributed by atoms with Crippen LogP contribution in [0, 0.1) is 0 Å². The number of aromatic hydroxyl groups is 2. The minimum absolute atomic E-state index is 0.0988. The second-order valence-electron chi connectivity index (χ2n) is 4.28. The van der Waals surface area contributed by atoms with E-state index in [1.54, 1.807) is 0 Å². The highest BCUT2D eigenvalue weighted by Gasteiger charge is 2.13. The Kier molecular flexibility index (Phi) is 4.21. The van der Waals surface area contributed by atoms with E-state index in [9.17, 15) is 15.0 Å². The molecular weight excluding hydrogens is 278 g/mol. The maximum Gasteiger partial charge on any atom is 0.257 e. The summed E-state index contributed by atoms with van der Waals surface area (Å²) < 4.78 is 0. The number of phenolic OH excluding ortho intramolecular Hbond substituents is 2. The maximum atomic E-state index is 12.0. The van der Waals surface area contributed by atoms with Crippen molar-refractivity contribution in [3.63, 3.8) is 0 Å². The third-order valence-electron chi connectivity index (χ3n) is 2.78. The molecule has 2 rings (SSSR count). The monoisotopic (exact) mass is 293 g/mol. The molecule has 0 fully saturated rings. The van der Waals surface area contributed by atoms with Crippen molar-refractivity contribution in [3.05, 3.63) is 34.8 Å². The molecule has 0 bridgehead atoms. The van der Waals surface area contributed by atoms with Crippen molar-refractivity contribution >= 4 is 22.4 Å². The van der Waals surface area contributed by atoms with Gasteiger partial charge in [-0.05, 0) is 26.1 Å². The first-order valence-corrected chi connectivity index (χ1v) is 6.84. The molecule has 106 valence electrons. The number of hydrogen-bond acceptors (Lipinski definition) is 6. The van der Waals surface area contributed by atoms with Gasteiger partial charge in [-0.15, -0.1) is 11.3 Å². The number of amides is 1. The lowest BCUT2D eigenvalue weighted by Gasteiger charge is -2.05. The van der Waals surface area contributed by atoms with Crippen molar-refractivity contribution in [2.24, 2.45) is 0 Å². The standard InChI is InChI=1S/C13H15N3O3S/c1-7(14-2)11-6-20-13(15-11)16-12(19)8-3-9(17)5-10(18)4-8/h3-7,14,17-18H,1-2H3,(H,15,16,19). The van der Waals surface area contributed by atoms with E-state index in [-0.39, 0.29) is 23.1 Å². The molecule has 0 aliphatic heterocycles. The van der Waals surface area contributed by atoms with E-state index >= 15 is 0 Å². The minimum atomic E-state index is -0.436. The summed E-state index contributed by atoms with van der Waals surface area (Å²) in [5.74, 6) is -0.772. The summed E-state index contributed by atoms with van der Waals surface area (Å²) in [6.07, 6.45) is 0. The van der Waals surface area contributed by atoms with E-state index in [1.165, 1.54) is 23.5 Å². The number of nitrogens with one attached hydrogen (secondary N) is 2. The van der Waals surface area contributed by atoms with Gasteiger partial charge in [0.1, 0.15) is 11.5 Å². The summed E-state index contributed by atoms with van der Waals surface area (Å²) in [5.41, 5.74) is 1.01. The highest BCUT2D eigenvalue weighted by Crippen LogP contribution is 2.23. The number of rotatable bonds is 4. The number of nitrogens with zero attached hydrogens (tertiary/aromatic N) is 1. The molecule has 1 atom stereocenters. The van der Waals surface area contributed by atoms with Crippen LogP contribution in [0.25, 0.3) is 0 Å². The normalized spacial score (nSPS) is 12.1. The van der Waals surface area contributed by atoms with Gasteiger partial charge in [0, 0.05) is 23.1 Å². The van der Waals surface area contributed by atoms with Crippen LogP contribution in [0.5, 0.6) is 11.5 Å². The number of benzene rings is 1. The van der Waals surface area contributed by atoms with Crippen LogP contribution >= 0.6 is 11.3 Å². The van der Waals surface area contributed by atoms with Crippen LogP contribution < -0.4 is 10.6 Å². The zero-order valence-electron chi connectivity index (χ0n) is 11.0. The van der Waals surface area contributed by atoms with Gasteiger partial charge < -0.3 is 15.5 Å². The van der Waals surface area contributed by atoms with Crippen molar-refractivity contribution in [1.82, 2.24) is 10.3 Å². The van der Waals surface area contributed by atoms with E-state index < -0.39 is 5.91 Å². The molecular formula is C13H15N3O3S. The predicted octanol–water partition coefficient (Wildman–Crippen LogP) is 2.09. The molecule has 20 heavy (non-hydrogen) atoms. The second-order valence-corrected chi connectivity index (χ2v) is 5.14. The Morgan fingerprint density at radius 3 is 2.55 bits per heavy atom. The van der Waals surface area contributed by atoms with Crippen LogP contribution in [0.1, 0.15) is 29.0 Å². The van der Waals surface area contributed by atoms with Gasteiger partial charge in [-0.25, -0.2) is 4.98 Å². The predicted molar refractivity (Wildman–Crippen MR) is 77.3 cm³/mol. The van der Waals surface area contributed by atoms with Crippen LogP contribution in [0.4, 0.5) is 5.13 Å². The zero-order valence-corrected chi connectivity index (χ0v) is 11.9. The summed E-state index contributed by atoms with van der Waals surface area (Å²) in [7, 11) is 1.83. The van der Waals surface area contributed by atoms with Gasteiger partial charge in [-0.1, -0.05) is 0 Å². The molecule has 6 nitrogen and oxygen atoms in total. The molecule has 2 aromatic rings. The summed E-state index contributed by atoms with van der Waals surface area (Å²) >= 11 is 1.32. The first-order chi connectivity index (χ1) is 9.49. The van der Waals surface area contributed by atoms with Crippen LogP contribution in [0.2, 0.25) is 0 Å². The second kappa shape index (κ2) is 5.89. The molecule has 1 amide bonds. The highest BCUT2D eigenvalue weighted by molar-refractivity contribution is 7.14. The van der Waals surface area contributed by atoms with Gasteiger partial charge in [0.05, 0.1) is 5.69 Å². The number of carbonyl (C=O) groups excluding carboxylic acids is 1. The number of phenols is 2. The van der Waals surface area contributed by atoms with Crippen molar-refractivity contribution in [2.75, 3.05) is 12.4 Å². The number of anilines is 1. The molecule has 1 heterocycles. The largest absolute Gasteiger partial charge is 0.508 e. The number of aromatic nitrogens is 1. The SMILES string of the molecule is CNC(C)c1csc(NC(=O)c2cc(O)cc(O)c2)n1. The Labute approximate surface area is 120 Å². The quantitative estimate of drug-likeness (QED) is 0.692. The maximum absolute atomic E-state index is 12.0. The van der Waals surface area contributed by atoms with E-state index in [1.807, 2.05) is 19.4 Å². The summed E-state index contributed by atoms with van der Waals surface area (Å²) in [6.45, 7) is 1.97. The highest BCUT2D eigenvalue weighted by atomic mass is 32.1. The molecule has 0 saturated carbocycles. The number of thiazole rings is 1. The van der Waals surface area contributed by atoms with Gasteiger partial charge in [0.2, 0.25) is 0 Å². The molecule has 1 unspecified atom stereocenters. The van der Waals surface area contributed by atoms with Gasteiger partial charge >= 0.3 is 0 Å². The van der Waals surface area contributed by atoms with Crippen molar-refractivity contribution < 1.29 is 15.0 Å². The fourth-order valence-electron chi connectivity index (χ4n) is 1.59. The Morgan fingerprint density at radius 2 is 1.95 bits per heavy atom. The summed E-state index contributed by atoms with van der Waals surface area (Å²) in [4.78, 5) is 16.3. The molecule has 0 spiro atoms. The van der Waals surface area contributed by atoms with E-state index in [2.05, 4.69) is 15.6 Å². The van der Waals surface area contributed by atoms with E-state index in [0.717, 1.165) is 11.8 Å². The first-order valence-electron chi connectivity index (χ1n) is 5.96. The average Bonchev–Trinajstić information content (AvgIpc) is 2.85. The van der Waals surface area contributed by atoms with Gasteiger partial charge in [0.25, 0.3) is 5.91 Å². The molecule has 0 aliphatic rings. The lowest BCUT2D eigenvalue weighted by atomic mass is 10.2. The van der Waals surface area contributed by atoms with E-state index in [0.29, 0.717) is 5.13 Å². The van der Waals surface area contributed by atoms with Crippen LogP contribution in [0.15, 0.2) is 23.6 Å². The molecule has 1 aromatic carbocycles. The number of hydrogen-bond donors (Lipinski definition) is 4. The van der Waals surface area contributed by atoms with Crippen molar-refractivity contribution in [2.45, 2.75) is 13.0 Å². The Balaban J connectivity index is 2.13. The Morgan fingerprint density at radius 1 is 1.30 bits per heavy atom. The third-order valence-corrected chi connectivity index (χ3v) is 3.56. The molecule has 0 saturated heterocycles. The zero-order chi connectivity index (χ0) is 14.7. The Hall–Kier alpha value is -2.12. The molecule has 4 N–H and O–H groups in total. The number of carbonyl (C=O) groups is 1. The van der Waals surface area contributed by atoms with Gasteiger partial charge in [0.15, 0.2) is 5.13 Å². The molecule has 7 heteroatoms. The topological polar surface area (TPSA) is 94.5 Å². The summed E-state index contributed by atoms with van der Waals surface area (Å²) in [6, 6.07) is 3.81. The minimum Gasteiger partial charge on any atom is -0.508 e. The molecule has 0 radical (unpaired) electrons. The smallest absolute Gasteiger partial charge is 0.257 e. The van der Waals surface area contributed by atoms with Crippen LogP contribution in [-0.2, 0) is 0 Å². The first kappa shape index (κ1) is 14.3. The van der Waals surface area contributed by atoms with Crippen LogP contribution in [-0.4, -0.2) is 28.2 Å². The van der Waals surface area contributed by atoms with E-state index in [4.69, 9.17) is 0 Å². The lowest BCUT2D eigenvalue weighted by molar-refractivity contribution is 0.102. The lowest BCUT2D eigenvalue weighted by Crippen LogP contribution is -2.14. The van der Waals surface area contributed by atoms with Crippen molar-refractivity contribution in [1.29, 1.82) is 0 Å². The molecule has 1 aromatic heterocycles. The van der Waals surface area contributed by atoms with Gasteiger partial charge in [-0.3, -0.25) is 10.1 Å². The van der Waals surface area contributed by atoms with Gasteiger partial charge in [-0.2, -0.15) is 0 Å². The third kappa shape index (κ3) is 3.25. The van der Waals surface area contributed by atoms with Crippen molar-refractivity contribution in [3.8, 4) is 11.5 Å². The Bertz CT molecular complexity index is 607. The molecule has 0 aliphatic carbocycles.